The molecule has 7 heteroatoms. The second-order valence-electron chi connectivity index (χ2n) is 7.83. The topological polar surface area (TPSA) is 70.0 Å². The van der Waals surface area contributed by atoms with Gasteiger partial charge in [0.2, 0.25) is 5.91 Å². The van der Waals surface area contributed by atoms with Crippen LogP contribution in [-0.4, -0.2) is 27.7 Å². The summed E-state index contributed by atoms with van der Waals surface area (Å²) in [6, 6.07) is 15.9. The van der Waals surface area contributed by atoms with Crippen molar-refractivity contribution in [1.82, 2.24) is 5.01 Å². The van der Waals surface area contributed by atoms with Gasteiger partial charge in [0, 0.05) is 21.3 Å². The number of hydrogen-bond acceptors (Lipinski definition) is 3. The zero-order valence-corrected chi connectivity index (χ0v) is 20.0. The van der Waals surface area contributed by atoms with Crippen molar-refractivity contribution in [3.8, 4) is 0 Å². The van der Waals surface area contributed by atoms with Crippen LogP contribution in [0, 0.1) is 5.92 Å². The highest BCUT2D eigenvalue weighted by Gasteiger charge is 2.43. The van der Waals surface area contributed by atoms with Gasteiger partial charge in [-0.25, -0.2) is 5.01 Å². The third kappa shape index (κ3) is 4.99. The van der Waals surface area contributed by atoms with E-state index in [-0.39, 0.29) is 30.7 Å². The first kappa shape index (κ1) is 22.0. The maximum Gasteiger partial charge on any atom is 0.303 e. The summed E-state index contributed by atoms with van der Waals surface area (Å²) in [6.45, 7) is 0. The normalized spacial score (nSPS) is 21.7. The molecule has 1 saturated carbocycles. The van der Waals surface area contributed by atoms with Crippen molar-refractivity contribution in [2.24, 2.45) is 11.0 Å². The molecular weight excluding hydrogens is 524 g/mol. The number of fused-ring (bicyclic) bond motifs is 1. The molecule has 2 atom stereocenters. The average molecular weight is 546 g/mol. The molecule has 0 bridgehead atoms. The van der Waals surface area contributed by atoms with Crippen molar-refractivity contribution >= 4 is 55.5 Å². The van der Waals surface area contributed by atoms with E-state index < -0.39 is 5.97 Å². The number of carboxylic acid groups (broad SMARTS) is 1. The Bertz CT molecular complexity index is 1050. The summed E-state index contributed by atoms with van der Waals surface area (Å²) in [5, 5.41) is 15.3. The Morgan fingerprint density at radius 3 is 2.32 bits per heavy atom. The number of carbonyl (C=O) groups is 2. The molecule has 2 aliphatic rings. The first-order valence-corrected chi connectivity index (χ1v) is 11.9. The molecular formula is C24H22Br2N2O3. The van der Waals surface area contributed by atoms with Crippen molar-refractivity contribution in [1.29, 1.82) is 0 Å². The zero-order chi connectivity index (χ0) is 22.0. The minimum Gasteiger partial charge on any atom is -0.481 e. The van der Waals surface area contributed by atoms with E-state index in [0.29, 0.717) is 0 Å². The molecule has 1 aliphatic carbocycles. The summed E-state index contributed by atoms with van der Waals surface area (Å²) in [7, 11) is 0. The van der Waals surface area contributed by atoms with Gasteiger partial charge in [0.15, 0.2) is 0 Å². The van der Waals surface area contributed by atoms with Crippen LogP contribution in [0.3, 0.4) is 0 Å². The second-order valence-corrected chi connectivity index (χ2v) is 9.66. The molecule has 160 valence electrons. The van der Waals surface area contributed by atoms with Crippen molar-refractivity contribution < 1.29 is 14.7 Å². The SMILES string of the molecule is O=C(O)CCC(=O)N1N=C2/C(=C/c3ccc(Br)cc3)CCCC2C1c1ccc(Br)cc1. The van der Waals surface area contributed by atoms with E-state index >= 15 is 0 Å². The van der Waals surface area contributed by atoms with E-state index in [1.807, 2.05) is 36.4 Å². The maximum absolute atomic E-state index is 13.0. The molecule has 2 unspecified atom stereocenters. The summed E-state index contributed by atoms with van der Waals surface area (Å²) in [5.41, 5.74) is 4.21. The summed E-state index contributed by atoms with van der Waals surface area (Å²) in [4.78, 5) is 24.0. The van der Waals surface area contributed by atoms with Crippen LogP contribution in [0.5, 0.6) is 0 Å². The molecule has 1 amide bonds. The van der Waals surface area contributed by atoms with E-state index in [1.54, 1.807) is 0 Å². The van der Waals surface area contributed by atoms with E-state index in [4.69, 9.17) is 10.2 Å². The molecule has 0 aromatic heterocycles. The fourth-order valence-corrected chi connectivity index (χ4v) is 4.82. The highest BCUT2D eigenvalue weighted by atomic mass is 79.9. The van der Waals surface area contributed by atoms with Gasteiger partial charge in [-0.1, -0.05) is 56.1 Å². The van der Waals surface area contributed by atoms with Gasteiger partial charge in [-0.15, -0.1) is 0 Å². The predicted octanol–water partition coefficient (Wildman–Crippen LogP) is 6.20. The molecule has 5 nitrogen and oxygen atoms in total. The Kier molecular flexibility index (Phi) is 6.72. The Balaban J connectivity index is 1.70. The number of halogens is 2. The minimum absolute atomic E-state index is 0.0579. The van der Waals surface area contributed by atoms with Crippen LogP contribution in [0.2, 0.25) is 0 Å². The number of aliphatic carboxylic acids is 1. The van der Waals surface area contributed by atoms with Gasteiger partial charge >= 0.3 is 5.97 Å². The number of amides is 1. The molecule has 2 aromatic rings. The standard InChI is InChI=1S/C24H22Br2N2O3/c25-18-8-4-15(5-9-18)14-17-2-1-3-20-23(17)27-28(21(29)12-13-22(30)31)24(20)16-6-10-19(26)11-7-16/h4-11,14,20,24H,1-3,12-13H2,(H,30,31)/b17-14+. The minimum atomic E-state index is -0.978. The van der Waals surface area contributed by atoms with E-state index in [1.165, 1.54) is 5.01 Å². The number of nitrogens with zero attached hydrogens (tertiary/aromatic N) is 2. The highest BCUT2D eigenvalue weighted by molar-refractivity contribution is 9.10. The average Bonchev–Trinajstić information content (AvgIpc) is 3.15. The number of carbonyl (C=O) groups excluding carboxylic acids is 1. The molecule has 0 saturated heterocycles. The van der Waals surface area contributed by atoms with Gasteiger partial charge in [-0.2, -0.15) is 5.10 Å². The molecule has 4 rings (SSSR count). The molecule has 1 heterocycles. The molecule has 1 aliphatic heterocycles. The number of benzene rings is 2. The van der Waals surface area contributed by atoms with Gasteiger partial charge in [0.1, 0.15) is 0 Å². The van der Waals surface area contributed by atoms with Crippen LogP contribution in [0.4, 0.5) is 0 Å². The van der Waals surface area contributed by atoms with E-state index in [2.05, 4.69) is 50.1 Å². The molecule has 2 aromatic carbocycles. The summed E-state index contributed by atoms with van der Waals surface area (Å²) < 4.78 is 2.00. The second kappa shape index (κ2) is 9.49. The van der Waals surface area contributed by atoms with Crippen LogP contribution >= 0.6 is 31.9 Å². The van der Waals surface area contributed by atoms with Crippen molar-refractivity contribution in [3.05, 3.63) is 74.2 Å². The molecule has 0 radical (unpaired) electrons. The first-order chi connectivity index (χ1) is 14.9. The first-order valence-electron chi connectivity index (χ1n) is 10.3. The molecule has 31 heavy (non-hydrogen) atoms. The smallest absolute Gasteiger partial charge is 0.303 e. The fourth-order valence-electron chi connectivity index (χ4n) is 4.29. The van der Waals surface area contributed by atoms with Gasteiger partial charge < -0.3 is 5.11 Å². The fraction of sp³-hybridized carbons (Fsp3) is 0.292. The predicted molar refractivity (Wildman–Crippen MR) is 127 cm³/mol. The quantitative estimate of drug-likeness (QED) is 0.486. The summed E-state index contributed by atoms with van der Waals surface area (Å²) >= 11 is 6.94. The van der Waals surface area contributed by atoms with Crippen LogP contribution in [0.1, 0.15) is 49.3 Å². The van der Waals surface area contributed by atoms with E-state index in [0.717, 1.165) is 50.6 Å². The number of hydrogen-bond donors (Lipinski definition) is 1. The Hall–Kier alpha value is -2.25. The van der Waals surface area contributed by atoms with Crippen molar-refractivity contribution in [2.75, 3.05) is 0 Å². The summed E-state index contributed by atoms with van der Waals surface area (Å²) in [6.07, 6.45) is 4.78. The highest BCUT2D eigenvalue weighted by Crippen LogP contribution is 2.44. The van der Waals surface area contributed by atoms with Gasteiger partial charge in [-0.05, 0) is 66.3 Å². The number of rotatable bonds is 5. The Labute approximate surface area is 198 Å². The van der Waals surface area contributed by atoms with Crippen LogP contribution in [-0.2, 0) is 9.59 Å². The number of allylic oxidation sites excluding steroid dienone is 1. The van der Waals surface area contributed by atoms with Gasteiger partial charge in [-0.3, -0.25) is 9.59 Å². The van der Waals surface area contributed by atoms with Gasteiger partial charge in [0.05, 0.1) is 18.2 Å². The number of hydrazone groups is 1. The van der Waals surface area contributed by atoms with E-state index in [9.17, 15) is 9.59 Å². The third-order valence-electron chi connectivity index (χ3n) is 5.73. The molecule has 1 N–H and O–H groups in total. The maximum atomic E-state index is 13.0. The van der Waals surface area contributed by atoms with Crippen LogP contribution in [0.25, 0.3) is 6.08 Å². The van der Waals surface area contributed by atoms with Crippen LogP contribution in [0.15, 0.2) is 68.2 Å². The lowest BCUT2D eigenvalue weighted by molar-refractivity contribution is -0.141. The molecule has 0 spiro atoms. The van der Waals surface area contributed by atoms with Crippen LogP contribution < -0.4 is 0 Å². The zero-order valence-electron chi connectivity index (χ0n) is 16.8. The van der Waals surface area contributed by atoms with Crippen molar-refractivity contribution in [3.63, 3.8) is 0 Å². The Morgan fingerprint density at radius 1 is 1.03 bits per heavy atom. The number of carboxylic acids is 1. The molecule has 1 fully saturated rings. The third-order valence-corrected chi connectivity index (χ3v) is 6.79. The summed E-state index contributed by atoms with van der Waals surface area (Å²) in [5.74, 6) is -1.13. The van der Waals surface area contributed by atoms with Crippen molar-refractivity contribution in [2.45, 2.75) is 38.1 Å². The monoisotopic (exact) mass is 544 g/mol. The largest absolute Gasteiger partial charge is 0.481 e. The lowest BCUT2D eigenvalue weighted by Crippen LogP contribution is -2.32. The Morgan fingerprint density at radius 2 is 1.68 bits per heavy atom. The lowest BCUT2D eigenvalue weighted by atomic mass is 9.77. The van der Waals surface area contributed by atoms with Gasteiger partial charge in [0.25, 0.3) is 0 Å². The lowest BCUT2D eigenvalue weighted by Gasteiger charge is -2.29.